The SMILES string of the molecule is CN(CC(C)(C)O)C(=O)C(C)(C)C1CCCC1. The number of hydrogen-bond acceptors (Lipinski definition) is 2. The van der Waals surface area contributed by atoms with Crippen LogP contribution in [0.1, 0.15) is 53.4 Å². The van der Waals surface area contributed by atoms with Crippen molar-refractivity contribution in [2.24, 2.45) is 11.3 Å². The minimum absolute atomic E-state index is 0.159. The molecule has 3 nitrogen and oxygen atoms in total. The zero-order valence-corrected chi connectivity index (χ0v) is 11.9. The first-order valence-corrected chi connectivity index (χ1v) is 6.62. The van der Waals surface area contributed by atoms with Crippen LogP contribution >= 0.6 is 0 Å². The molecule has 0 atom stereocenters. The van der Waals surface area contributed by atoms with E-state index >= 15 is 0 Å². The van der Waals surface area contributed by atoms with Crippen LogP contribution in [0.2, 0.25) is 0 Å². The van der Waals surface area contributed by atoms with E-state index in [0.29, 0.717) is 12.5 Å². The van der Waals surface area contributed by atoms with E-state index in [1.54, 1.807) is 25.8 Å². The Balaban J connectivity index is 2.67. The van der Waals surface area contributed by atoms with Gasteiger partial charge in [-0.25, -0.2) is 0 Å². The first-order valence-electron chi connectivity index (χ1n) is 6.62. The third-order valence-electron chi connectivity index (χ3n) is 3.90. The molecule has 0 saturated heterocycles. The van der Waals surface area contributed by atoms with Crippen LogP contribution in [0.15, 0.2) is 0 Å². The van der Waals surface area contributed by atoms with E-state index in [1.807, 2.05) is 13.8 Å². The number of aliphatic hydroxyl groups is 1. The van der Waals surface area contributed by atoms with E-state index in [2.05, 4.69) is 0 Å². The Labute approximate surface area is 105 Å². The molecule has 1 aliphatic carbocycles. The monoisotopic (exact) mass is 241 g/mol. The zero-order valence-electron chi connectivity index (χ0n) is 11.9. The summed E-state index contributed by atoms with van der Waals surface area (Å²) in [5, 5.41) is 9.77. The van der Waals surface area contributed by atoms with Gasteiger partial charge in [-0.15, -0.1) is 0 Å². The van der Waals surface area contributed by atoms with E-state index in [0.717, 1.165) is 12.8 Å². The van der Waals surface area contributed by atoms with Gasteiger partial charge in [-0.1, -0.05) is 26.7 Å². The van der Waals surface area contributed by atoms with Crippen molar-refractivity contribution in [2.45, 2.75) is 59.0 Å². The minimum atomic E-state index is -0.823. The first kappa shape index (κ1) is 14.5. The van der Waals surface area contributed by atoms with Crippen molar-refractivity contribution in [2.75, 3.05) is 13.6 Å². The van der Waals surface area contributed by atoms with Crippen molar-refractivity contribution in [1.82, 2.24) is 4.90 Å². The lowest BCUT2D eigenvalue weighted by atomic mass is 9.76. The number of amides is 1. The summed E-state index contributed by atoms with van der Waals surface area (Å²) in [6, 6.07) is 0. The molecule has 0 aromatic heterocycles. The Kier molecular flexibility index (Phi) is 4.23. The first-order chi connectivity index (χ1) is 7.64. The van der Waals surface area contributed by atoms with Crippen LogP contribution in [-0.4, -0.2) is 35.1 Å². The molecule has 1 aliphatic rings. The summed E-state index contributed by atoms with van der Waals surface area (Å²) in [5.41, 5.74) is -1.12. The van der Waals surface area contributed by atoms with E-state index in [1.165, 1.54) is 12.8 Å². The molecule has 0 bridgehead atoms. The van der Waals surface area contributed by atoms with E-state index in [-0.39, 0.29) is 11.3 Å². The molecule has 0 radical (unpaired) electrons. The average Bonchev–Trinajstić information content (AvgIpc) is 2.66. The Morgan fingerprint density at radius 1 is 1.24 bits per heavy atom. The minimum Gasteiger partial charge on any atom is -0.389 e. The molecule has 0 aromatic carbocycles. The molecule has 1 rings (SSSR count). The third kappa shape index (κ3) is 3.70. The average molecular weight is 241 g/mol. The molecule has 0 unspecified atom stereocenters. The lowest BCUT2D eigenvalue weighted by Gasteiger charge is -2.36. The Morgan fingerprint density at radius 2 is 1.71 bits per heavy atom. The van der Waals surface area contributed by atoms with Gasteiger partial charge in [0, 0.05) is 19.0 Å². The van der Waals surface area contributed by atoms with Crippen LogP contribution in [0, 0.1) is 11.3 Å². The van der Waals surface area contributed by atoms with Gasteiger partial charge in [0.25, 0.3) is 0 Å². The fraction of sp³-hybridized carbons (Fsp3) is 0.929. The predicted octanol–water partition coefficient (Wildman–Crippen LogP) is 2.43. The molecule has 1 saturated carbocycles. The van der Waals surface area contributed by atoms with Gasteiger partial charge in [0.05, 0.1) is 5.60 Å². The van der Waals surface area contributed by atoms with Crippen molar-refractivity contribution >= 4 is 5.91 Å². The van der Waals surface area contributed by atoms with Crippen LogP contribution in [0.4, 0.5) is 0 Å². The summed E-state index contributed by atoms with van der Waals surface area (Å²) in [4.78, 5) is 14.1. The smallest absolute Gasteiger partial charge is 0.228 e. The fourth-order valence-electron chi connectivity index (χ4n) is 2.97. The molecule has 17 heavy (non-hydrogen) atoms. The second-order valence-electron chi connectivity index (χ2n) is 6.68. The third-order valence-corrected chi connectivity index (χ3v) is 3.90. The molecular formula is C14H27NO2. The van der Waals surface area contributed by atoms with Gasteiger partial charge >= 0.3 is 0 Å². The van der Waals surface area contributed by atoms with Crippen molar-refractivity contribution in [3.8, 4) is 0 Å². The lowest BCUT2D eigenvalue weighted by Crippen LogP contribution is -2.47. The topological polar surface area (TPSA) is 40.5 Å². The van der Waals surface area contributed by atoms with Crippen molar-refractivity contribution in [3.63, 3.8) is 0 Å². The molecule has 1 N–H and O–H groups in total. The summed E-state index contributed by atoms with van der Waals surface area (Å²) in [5.74, 6) is 0.658. The molecule has 0 aliphatic heterocycles. The maximum atomic E-state index is 12.4. The lowest BCUT2D eigenvalue weighted by molar-refractivity contribution is -0.144. The zero-order chi connectivity index (χ0) is 13.3. The Bertz CT molecular complexity index is 272. The number of carbonyl (C=O) groups is 1. The number of carbonyl (C=O) groups excluding carboxylic acids is 1. The number of nitrogens with zero attached hydrogens (tertiary/aromatic N) is 1. The van der Waals surface area contributed by atoms with Gasteiger partial charge in [-0.05, 0) is 32.6 Å². The summed E-state index contributed by atoms with van der Waals surface area (Å²) < 4.78 is 0. The second-order valence-corrected chi connectivity index (χ2v) is 6.68. The van der Waals surface area contributed by atoms with Gasteiger partial charge in [0.15, 0.2) is 0 Å². The summed E-state index contributed by atoms with van der Waals surface area (Å²) in [6.07, 6.45) is 4.82. The van der Waals surface area contributed by atoms with Gasteiger partial charge in [0.2, 0.25) is 5.91 Å². The van der Waals surface area contributed by atoms with E-state index in [4.69, 9.17) is 0 Å². The largest absolute Gasteiger partial charge is 0.389 e. The highest BCUT2D eigenvalue weighted by Crippen LogP contribution is 2.40. The number of hydrogen-bond donors (Lipinski definition) is 1. The van der Waals surface area contributed by atoms with E-state index in [9.17, 15) is 9.90 Å². The van der Waals surface area contributed by atoms with E-state index < -0.39 is 5.60 Å². The highest BCUT2D eigenvalue weighted by molar-refractivity contribution is 5.82. The molecular weight excluding hydrogens is 214 g/mol. The van der Waals surface area contributed by atoms with Gasteiger partial charge in [-0.2, -0.15) is 0 Å². The van der Waals surface area contributed by atoms with Gasteiger partial charge in [0.1, 0.15) is 0 Å². The fourth-order valence-corrected chi connectivity index (χ4v) is 2.97. The molecule has 3 heteroatoms. The molecule has 1 fully saturated rings. The number of likely N-dealkylation sites (N-methyl/N-ethyl adjacent to an activating group) is 1. The van der Waals surface area contributed by atoms with Crippen LogP contribution < -0.4 is 0 Å². The summed E-state index contributed by atoms with van der Waals surface area (Å²) in [7, 11) is 1.79. The second kappa shape index (κ2) is 4.97. The Morgan fingerprint density at radius 3 is 2.12 bits per heavy atom. The molecule has 0 spiro atoms. The molecule has 0 heterocycles. The van der Waals surface area contributed by atoms with Crippen molar-refractivity contribution in [3.05, 3.63) is 0 Å². The summed E-state index contributed by atoms with van der Waals surface area (Å²) >= 11 is 0. The van der Waals surface area contributed by atoms with Crippen molar-refractivity contribution < 1.29 is 9.90 Å². The standard InChI is InChI=1S/C14H27NO2/c1-13(2,17)10-15(5)12(16)14(3,4)11-8-6-7-9-11/h11,17H,6-10H2,1-5H3. The van der Waals surface area contributed by atoms with Crippen LogP contribution in [0.5, 0.6) is 0 Å². The van der Waals surface area contributed by atoms with Crippen LogP contribution in [-0.2, 0) is 4.79 Å². The number of rotatable bonds is 4. The van der Waals surface area contributed by atoms with Crippen LogP contribution in [0.25, 0.3) is 0 Å². The normalized spacial score (nSPS) is 18.5. The van der Waals surface area contributed by atoms with Gasteiger partial charge in [-0.3, -0.25) is 4.79 Å². The highest BCUT2D eigenvalue weighted by Gasteiger charge is 2.40. The van der Waals surface area contributed by atoms with Crippen molar-refractivity contribution in [1.29, 1.82) is 0 Å². The molecule has 100 valence electrons. The maximum Gasteiger partial charge on any atom is 0.228 e. The summed E-state index contributed by atoms with van der Waals surface area (Å²) in [6.45, 7) is 7.96. The highest BCUT2D eigenvalue weighted by atomic mass is 16.3. The van der Waals surface area contributed by atoms with Gasteiger partial charge < -0.3 is 10.0 Å². The Hall–Kier alpha value is -0.570. The predicted molar refractivity (Wildman–Crippen MR) is 69.7 cm³/mol. The molecule has 1 amide bonds. The quantitative estimate of drug-likeness (QED) is 0.821. The maximum absolute atomic E-state index is 12.4. The van der Waals surface area contributed by atoms with Crippen LogP contribution in [0.3, 0.4) is 0 Å². The molecule has 0 aromatic rings.